The molecule has 2 atom stereocenters. The van der Waals surface area contributed by atoms with Crippen molar-refractivity contribution in [2.45, 2.75) is 32.4 Å². The number of carbonyl (C=O) groups excluding carboxylic acids is 1. The van der Waals surface area contributed by atoms with Gasteiger partial charge in [0.05, 0.1) is 10.2 Å². The summed E-state index contributed by atoms with van der Waals surface area (Å²) in [5.74, 6) is 0.236. The van der Waals surface area contributed by atoms with Gasteiger partial charge in [0.15, 0.2) is 0 Å². The number of hydrogen-bond donors (Lipinski definition) is 1. The van der Waals surface area contributed by atoms with Crippen LogP contribution in [0.2, 0.25) is 0 Å². The molecular weight excluding hydrogens is 336 g/mol. The molecule has 1 aliphatic heterocycles. The molecule has 1 N–H and O–H groups in total. The van der Waals surface area contributed by atoms with Gasteiger partial charge in [-0.25, -0.2) is 0 Å². The third kappa shape index (κ3) is 3.70. The lowest BCUT2D eigenvalue weighted by molar-refractivity contribution is -0.134. The lowest BCUT2D eigenvalue weighted by Gasteiger charge is -2.38. The summed E-state index contributed by atoms with van der Waals surface area (Å²) in [6, 6.07) is 4.67. The molecule has 1 amide bonds. The molecule has 1 aromatic rings. The van der Waals surface area contributed by atoms with Gasteiger partial charge in [-0.3, -0.25) is 4.79 Å². The predicted octanol–water partition coefficient (Wildman–Crippen LogP) is 2.68. The maximum Gasteiger partial charge on any atom is 0.228 e. The Kier molecular flexibility index (Phi) is 6.11. The normalized spacial score (nSPS) is 23.6. The molecule has 1 aromatic heterocycles. The summed E-state index contributed by atoms with van der Waals surface area (Å²) in [5.41, 5.74) is 0. The van der Waals surface area contributed by atoms with Gasteiger partial charge in [-0.15, -0.1) is 23.7 Å². The van der Waals surface area contributed by atoms with Gasteiger partial charge in [0.1, 0.15) is 0 Å². The smallest absolute Gasteiger partial charge is 0.228 e. The van der Waals surface area contributed by atoms with Gasteiger partial charge in [-0.05, 0) is 41.9 Å². The highest BCUT2D eigenvalue weighted by Crippen LogP contribution is 2.23. The fourth-order valence-electron chi connectivity index (χ4n) is 2.11. The second-order valence-electron chi connectivity index (χ2n) is 4.45. The summed E-state index contributed by atoms with van der Waals surface area (Å²) in [6.07, 6.45) is 0.521. The fraction of sp³-hybridized carbons (Fsp3) is 0.583. The van der Waals surface area contributed by atoms with Crippen LogP contribution in [0.15, 0.2) is 15.9 Å². The maximum absolute atomic E-state index is 12.2. The minimum Gasteiger partial charge on any atom is -0.337 e. The molecule has 0 saturated carbocycles. The number of nitrogens with zero attached hydrogens (tertiary/aromatic N) is 1. The molecule has 1 fully saturated rings. The molecule has 0 spiro atoms. The molecule has 2 rings (SSSR count). The van der Waals surface area contributed by atoms with Gasteiger partial charge in [0.2, 0.25) is 5.91 Å². The van der Waals surface area contributed by atoms with Crippen molar-refractivity contribution in [3.63, 3.8) is 0 Å². The van der Waals surface area contributed by atoms with Gasteiger partial charge in [-0.2, -0.15) is 0 Å². The van der Waals surface area contributed by atoms with Crippen molar-refractivity contribution in [2.24, 2.45) is 0 Å². The standard InChI is InChI=1S/C12H17BrN2OS.ClH/c1-8-9(2)15(6-5-14-8)12(16)7-10-3-4-11(13)17-10;/h3-4,8-9,14H,5-7H2,1-2H3;1H. The number of amides is 1. The van der Waals surface area contributed by atoms with Crippen molar-refractivity contribution in [3.05, 3.63) is 20.8 Å². The van der Waals surface area contributed by atoms with Crippen LogP contribution in [-0.2, 0) is 11.2 Å². The average molecular weight is 354 g/mol. The first kappa shape index (κ1) is 16.0. The van der Waals surface area contributed by atoms with Crippen LogP contribution in [0.25, 0.3) is 0 Å². The average Bonchev–Trinajstić information content (AvgIpc) is 2.68. The van der Waals surface area contributed by atoms with Gasteiger partial charge < -0.3 is 10.2 Å². The second kappa shape index (κ2) is 6.89. The van der Waals surface area contributed by atoms with Crippen LogP contribution in [0, 0.1) is 0 Å². The summed E-state index contributed by atoms with van der Waals surface area (Å²) in [5, 5.41) is 3.39. The molecular formula is C12H18BrClN2OS. The van der Waals surface area contributed by atoms with Crippen LogP contribution in [0.3, 0.4) is 0 Å². The van der Waals surface area contributed by atoms with E-state index in [-0.39, 0.29) is 24.4 Å². The van der Waals surface area contributed by atoms with Crippen LogP contribution in [0.4, 0.5) is 0 Å². The number of hydrogen-bond acceptors (Lipinski definition) is 3. The Morgan fingerprint density at radius 3 is 2.89 bits per heavy atom. The first-order chi connectivity index (χ1) is 8.08. The topological polar surface area (TPSA) is 32.3 Å². The molecule has 0 aliphatic carbocycles. The minimum absolute atomic E-state index is 0. The Morgan fingerprint density at radius 2 is 2.28 bits per heavy atom. The zero-order chi connectivity index (χ0) is 12.4. The van der Waals surface area contributed by atoms with E-state index in [1.807, 2.05) is 17.0 Å². The van der Waals surface area contributed by atoms with Crippen LogP contribution in [0.5, 0.6) is 0 Å². The van der Waals surface area contributed by atoms with E-state index in [9.17, 15) is 4.79 Å². The summed E-state index contributed by atoms with van der Waals surface area (Å²) in [6.45, 7) is 5.95. The molecule has 102 valence electrons. The van der Waals surface area contributed by atoms with E-state index in [2.05, 4.69) is 35.1 Å². The molecule has 0 aromatic carbocycles. The monoisotopic (exact) mass is 352 g/mol. The second-order valence-corrected chi connectivity index (χ2v) is 7.00. The Bertz CT molecular complexity index is 413. The Balaban J connectivity index is 0.00000162. The van der Waals surface area contributed by atoms with Gasteiger partial charge in [0.25, 0.3) is 0 Å². The van der Waals surface area contributed by atoms with E-state index in [0.717, 1.165) is 21.8 Å². The first-order valence-electron chi connectivity index (χ1n) is 5.85. The van der Waals surface area contributed by atoms with E-state index in [1.54, 1.807) is 11.3 Å². The van der Waals surface area contributed by atoms with Crippen molar-refractivity contribution in [1.29, 1.82) is 0 Å². The third-order valence-electron chi connectivity index (χ3n) is 3.31. The van der Waals surface area contributed by atoms with Crippen LogP contribution < -0.4 is 5.32 Å². The number of carbonyl (C=O) groups is 1. The number of rotatable bonds is 2. The third-order valence-corrected chi connectivity index (χ3v) is 4.93. The molecule has 1 saturated heterocycles. The van der Waals surface area contributed by atoms with Crippen molar-refractivity contribution in [1.82, 2.24) is 10.2 Å². The summed E-state index contributed by atoms with van der Waals surface area (Å²) in [4.78, 5) is 15.3. The highest BCUT2D eigenvalue weighted by molar-refractivity contribution is 9.11. The SMILES string of the molecule is CC1NCCN(C(=O)Cc2ccc(Br)s2)C1C.Cl. The van der Waals surface area contributed by atoms with E-state index in [1.165, 1.54) is 0 Å². The lowest BCUT2D eigenvalue weighted by atomic mass is 10.1. The largest absolute Gasteiger partial charge is 0.337 e. The predicted molar refractivity (Wildman–Crippen MR) is 81.6 cm³/mol. The zero-order valence-electron chi connectivity index (χ0n) is 10.5. The number of piperazine rings is 1. The first-order valence-corrected chi connectivity index (χ1v) is 7.46. The van der Waals surface area contributed by atoms with Crippen LogP contribution in [-0.4, -0.2) is 36.0 Å². The molecule has 2 unspecified atom stereocenters. The summed E-state index contributed by atoms with van der Waals surface area (Å²) >= 11 is 5.06. The Morgan fingerprint density at radius 1 is 1.56 bits per heavy atom. The van der Waals surface area contributed by atoms with E-state index >= 15 is 0 Å². The van der Waals surface area contributed by atoms with E-state index < -0.39 is 0 Å². The quantitative estimate of drug-likeness (QED) is 0.886. The minimum atomic E-state index is 0. The van der Waals surface area contributed by atoms with Gasteiger partial charge >= 0.3 is 0 Å². The van der Waals surface area contributed by atoms with Crippen molar-refractivity contribution >= 4 is 45.6 Å². The molecule has 6 heteroatoms. The molecule has 1 aliphatic rings. The molecule has 0 radical (unpaired) electrons. The maximum atomic E-state index is 12.2. The van der Waals surface area contributed by atoms with Gasteiger partial charge in [0, 0.05) is 30.1 Å². The molecule has 0 bridgehead atoms. The summed E-state index contributed by atoms with van der Waals surface area (Å²) < 4.78 is 1.09. The van der Waals surface area contributed by atoms with E-state index in [4.69, 9.17) is 0 Å². The molecule has 2 heterocycles. The van der Waals surface area contributed by atoms with Crippen LogP contribution >= 0.6 is 39.7 Å². The van der Waals surface area contributed by atoms with Crippen molar-refractivity contribution in [3.8, 4) is 0 Å². The number of thiophene rings is 1. The van der Waals surface area contributed by atoms with E-state index in [0.29, 0.717) is 12.5 Å². The number of nitrogens with one attached hydrogen (secondary N) is 1. The zero-order valence-corrected chi connectivity index (χ0v) is 13.7. The molecule has 18 heavy (non-hydrogen) atoms. The molecule has 3 nitrogen and oxygen atoms in total. The highest BCUT2D eigenvalue weighted by atomic mass is 79.9. The lowest BCUT2D eigenvalue weighted by Crippen LogP contribution is -2.57. The fourth-order valence-corrected chi connectivity index (χ4v) is 3.58. The highest BCUT2D eigenvalue weighted by Gasteiger charge is 2.27. The Hall–Kier alpha value is -0.100. The number of halogens is 2. The van der Waals surface area contributed by atoms with Crippen molar-refractivity contribution < 1.29 is 4.79 Å². The van der Waals surface area contributed by atoms with Crippen molar-refractivity contribution in [2.75, 3.05) is 13.1 Å². The van der Waals surface area contributed by atoms with Gasteiger partial charge in [-0.1, -0.05) is 0 Å². The summed E-state index contributed by atoms with van der Waals surface area (Å²) in [7, 11) is 0. The Labute approximate surface area is 126 Å². The van der Waals surface area contributed by atoms with Crippen LogP contribution in [0.1, 0.15) is 18.7 Å².